The number of nitrogens with one attached hydrogen (secondary N) is 1. The number of carbonyl (C=O) groups is 2. The van der Waals surface area contributed by atoms with Crippen molar-refractivity contribution in [2.45, 2.75) is 32.1 Å². The summed E-state index contributed by atoms with van der Waals surface area (Å²) in [5.74, 6) is -0.0532. The minimum Gasteiger partial charge on any atom is -0.382 e. The van der Waals surface area contributed by atoms with E-state index >= 15 is 0 Å². The Balaban J connectivity index is 1.22. The number of rotatable bonds is 9. The summed E-state index contributed by atoms with van der Waals surface area (Å²) in [5.41, 5.74) is 9.75. The summed E-state index contributed by atoms with van der Waals surface area (Å²) in [4.78, 5) is 24.7. The van der Waals surface area contributed by atoms with E-state index in [0.29, 0.717) is 49.4 Å². The van der Waals surface area contributed by atoms with Gasteiger partial charge in [-0.3, -0.25) is 9.59 Å². The molecule has 0 saturated heterocycles. The average Bonchev–Trinajstić information content (AvgIpc) is 3.51. The molecule has 3 N–H and O–H groups in total. The number of hydrazone groups is 1. The van der Waals surface area contributed by atoms with Crippen molar-refractivity contribution in [3.8, 4) is 11.8 Å². The van der Waals surface area contributed by atoms with E-state index in [-0.39, 0.29) is 24.7 Å². The Bertz CT molecular complexity index is 1260. The van der Waals surface area contributed by atoms with Crippen LogP contribution in [0.15, 0.2) is 65.8 Å². The highest BCUT2D eigenvalue weighted by molar-refractivity contribution is 6.02. The molecule has 0 bridgehead atoms. The van der Waals surface area contributed by atoms with Crippen LogP contribution in [0, 0.1) is 11.3 Å². The number of nitrogens with two attached hydrogens (primary N) is 1. The third kappa shape index (κ3) is 5.73. The van der Waals surface area contributed by atoms with E-state index in [9.17, 15) is 14.9 Å². The molecule has 1 aliphatic heterocycles. The maximum atomic E-state index is 12.4. The van der Waals surface area contributed by atoms with Gasteiger partial charge in [0.1, 0.15) is 17.5 Å². The number of anilines is 1. The van der Waals surface area contributed by atoms with Crippen LogP contribution in [-0.2, 0) is 16.0 Å². The SMILES string of the molecule is N#Cc1c(CCCNC(=O)CCC(=O)N2CCC(c3ccccc3)=N2)nn(-c2ccccc2)c1N. The van der Waals surface area contributed by atoms with Crippen molar-refractivity contribution in [1.29, 1.82) is 5.26 Å². The molecule has 0 spiro atoms. The van der Waals surface area contributed by atoms with Crippen LogP contribution in [-0.4, -0.2) is 45.4 Å². The smallest absolute Gasteiger partial charge is 0.243 e. The Morgan fingerprint density at radius 1 is 1.06 bits per heavy atom. The van der Waals surface area contributed by atoms with Crippen LogP contribution in [0.2, 0.25) is 0 Å². The van der Waals surface area contributed by atoms with Crippen molar-refractivity contribution in [3.05, 3.63) is 77.5 Å². The van der Waals surface area contributed by atoms with Gasteiger partial charge in [-0.2, -0.15) is 15.5 Å². The number of hydrogen-bond acceptors (Lipinski definition) is 6. The second-order valence-electron chi connectivity index (χ2n) is 8.20. The molecule has 0 radical (unpaired) electrons. The summed E-state index contributed by atoms with van der Waals surface area (Å²) in [7, 11) is 0. The highest BCUT2D eigenvalue weighted by Gasteiger charge is 2.22. The number of amides is 2. The number of para-hydroxylation sites is 1. The molecule has 0 atom stereocenters. The van der Waals surface area contributed by atoms with Gasteiger partial charge in [0, 0.05) is 25.8 Å². The number of carbonyl (C=O) groups excluding carboxylic acids is 2. The van der Waals surface area contributed by atoms with Crippen LogP contribution in [0.4, 0.5) is 5.82 Å². The molecule has 9 heteroatoms. The number of nitrogen functional groups attached to an aromatic ring is 1. The predicted octanol–water partition coefficient (Wildman–Crippen LogP) is 2.79. The van der Waals surface area contributed by atoms with E-state index in [4.69, 9.17) is 5.73 Å². The average molecular weight is 470 g/mol. The lowest BCUT2D eigenvalue weighted by Crippen LogP contribution is -2.28. The van der Waals surface area contributed by atoms with Gasteiger partial charge in [0.15, 0.2) is 0 Å². The first-order chi connectivity index (χ1) is 17.1. The number of aryl methyl sites for hydroxylation is 1. The Morgan fingerprint density at radius 3 is 2.49 bits per heavy atom. The predicted molar refractivity (Wildman–Crippen MR) is 133 cm³/mol. The van der Waals surface area contributed by atoms with Crippen molar-refractivity contribution in [1.82, 2.24) is 20.1 Å². The zero-order valence-electron chi connectivity index (χ0n) is 19.4. The summed E-state index contributed by atoms with van der Waals surface area (Å²) in [6.07, 6.45) is 2.00. The van der Waals surface area contributed by atoms with Gasteiger partial charge in [-0.25, -0.2) is 9.69 Å². The maximum absolute atomic E-state index is 12.4. The van der Waals surface area contributed by atoms with E-state index in [0.717, 1.165) is 17.0 Å². The highest BCUT2D eigenvalue weighted by atomic mass is 16.2. The Labute approximate surface area is 203 Å². The minimum absolute atomic E-state index is 0.102. The van der Waals surface area contributed by atoms with Crippen LogP contribution in [0.25, 0.3) is 5.69 Å². The lowest BCUT2D eigenvalue weighted by Gasteiger charge is -2.11. The summed E-state index contributed by atoms with van der Waals surface area (Å²) in [6.45, 7) is 0.945. The minimum atomic E-state index is -0.195. The Morgan fingerprint density at radius 2 is 1.77 bits per heavy atom. The second kappa shape index (κ2) is 11.1. The van der Waals surface area contributed by atoms with E-state index in [1.807, 2.05) is 60.7 Å². The molecule has 9 nitrogen and oxygen atoms in total. The van der Waals surface area contributed by atoms with E-state index in [1.165, 1.54) is 5.01 Å². The van der Waals surface area contributed by atoms with Gasteiger partial charge in [0.2, 0.25) is 11.8 Å². The first kappa shape index (κ1) is 23.7. The standard InChI is InChI=1S/C26H27N7O2/c27-18-21-23(31-33(26(21)28)20-10-5-2-6-11-20)12-7-16-29-24(34)13-14-25(35)32-17-15-22(30-32)19-8-3-1-4-9-19/h1-6,8-11H,7,12-17,28H2,(H,29,34). The summed E-state index contributed by atoms with van der Waals surface area (Å²) in [5, 5.41) is 22.7. The first-order valence-electron chi connectivity index (χ1n) is 11.6. The fourth-order valence-corrected chi connectivity index (χ4v) is 3.93. The molecule has 178 valence electrons. The maximum Gasteiger partial charge on any atom is 0.243 e. The van der Waals surface area contributed by atoms with Gasteiger partial charge < -0.3 is 11.1 Å². The fraction of sp³-hybridized carbons (Fsp3) is 0.269. The molecule has 0 unspecified atom stereocenters. The summed E-state index contributed by atoms with van der Waals surface area (Å²) < 4.78 is 1.56. The topological polar surface area (TPSA) is 129 Å². The Hall–Kier alpha value is -4.45. The molecule has 0 saturated carbocycles. The molecule has 1 aliphatic rings. The molecule has 1 aromatic heterocycles. The van der Waals surface area contributed by atoms with Gasteiger partial charge >= 0.3 is 0 Å². The third-order valence-electron chi connectivity index (χ3n) is 5.78. The summed E-state index contributed by atoms with van der Waals surface area (Å²) >= 11 is 0. The molecule has 3 aromatic rings. The lowest BCUT2D eigenvalue weighted by molar-refractivity contribution is -0.133. The highest BCUT2D eigenvalue weighted by Crippen LogP contribution is 2.21. The zero-order chi connectivity index (χ0) is 24.6. The summed E-state index contributed by atoms with van der Waals surface area (Å²) in [6, 6.07) is 21.3. The van der Waals surface area contributed by atoms with Crippen molar-refractivity contribution in [2.75, 3.05) is 18.8 Å². The lowest BCUT2D eigenvalue weighted by atomic mass is 10.1. The monoisotopic (exact) mass is 469 g/mol. The van der Waals surface area contributed by atoms with Crippen molar-refractivity contribution in [3.63, 3.8) is 0 Å². The van der Waals surface area contributed by atoms with Gasteiger partial charge in [-0.15, -0.1) is 0 Å². The van der Waals surface area contributed by atoms with Crippen molar-refractivity contribution < 1.29 is 9.59 Å². The van der Waals surface area contributed by atoms with E-state index < -0.39 is 0 Å². The zero-order valence-corrected chi connectivity index (χ0v) is 19.4. The first-order valence-corrected chi connectivity index (χ1v) is 11.6. The number of benzene rings is 2. The third-order valence-corrected chi connectivity index (χ3v) is 5.78. The van der Waals surface area contributed by atoms with Crippen molar-refractivity contribution in [2.24, 2.45) is 5.10 Å². The van der Waals surface area contributed by atoms with Crippen LogP contribution in [0.1, 0.15) is 42.5 Å². The molecular formula is C26H27N7O2. The van der Waals surface area contributed by atoms with Gasteiger partial charge in [0.05, 0.1) is 23.6 Å². The van der Waals surface area contributed by atoms with Crippen molar-refractivity contribution >= 4 is 23.3 Å². The molecule has 0 fully saturated rings. The molecule has 2 heterocycles. The molecule has 35 heavy (non-hydrogen) atoms. The molecule has 4 rings (SSSR count). The van der Waals surface area contributed by atoms with E-state index in [1.54, 1.807) is 4.68 Å². The van der Waals surface area contributed by atoms with Crippen LogP contribution >= 0.6 is 0 Å². The van der Waals surface area contributed by atoms with Gasteiger partial charge in [-0.1, -0.05) is 48.5 Å². The van der Waals surface area contributed by atoms with Crippen LogP contribution in [0.3, 0.4) is 0 Å². The number of aromatic nitrogens is 2. The van der Waals surface area contributed by atoms with Gasteiger partial charge in [-0.05, 0) is 30.5 Å². The normalized spacial score (nSPS) is 12.8. The van der Waals surface area contributed by atoms with Gasteiger partial charge in [0.25, 0.3) is 0 Å². The molecular weight excluding hydrogens is 442 g/mol. The molecule has 2 aromatic carbocycles. The fourth-order valence-electron chi connectivity index (χ4n) is 3.93. The number of nitriles is 1. The molecule has 2 amide bonds. The quantitative estimate of drug-likeness (QED) is 0.466. The second-order valence-corrected chi connectivity index (χ2v) is 8.20. The largest absolute Gasteiger partial charge is 0.382 e. The number of hydrogen-bond donors (Lipinski definition) is 2. The van der Waals surface area contributed by atoms with Crippen LogP contribution < -0.4 is 11.1 Å². The molecule has 0 aliphatic carbocycles. The van der Waals surface area contributed by atoms with Crippen LogP contribution in [0.5, 0.6) is 0 Å². The number of nitrogens with zero attached hydrogens (tertiary/aromatic N) is 5. The Kier molecular flexibility index (Phi) is 7.53. The van der Waals surface area contributed by atoms with E-state index in [2.05, 4.69) is 21.6 Å².